The van der Waals surface area contributed by atoms with E-state index in [1.165, 1.54) is 11.3 Å². The van der Waals surface area contributed by atoms with E-state index in [1.807, 2.05) is 4.90 Å². The molecule has 4 heteroatoms. The lowest BCUT2D eigenvalue weighted by Crippen LogP contribution is -2.54. The Kier molecular flexibility index (Phi) is 3.42. The van der Waals surface area contributed by atoms with Gasteiger partial charge in [-0.3, -0.25) is 9.69 Å². The third-order valence-electron chi connectivity index (χ3n) is 4.28. The van der Waals surface area contributed by atoms with Crippen LogP contribution >= 0.6 is 0 Å². The Morgan fingerprint density at radius 2 is 1.95 bits per heavy atom. The quantitative estimate of drug-likeness (QED) is 0.823. The van der Waals surface area contributed by atoms with Gasteiger partial charge in [0.15, 0.2) is 0 Å². The van der Waals surface area contributed by atoms with Crippen LogP contribution < -0.4 is 5.32 Å². The van der Waals surface area contributed by atoms with Crippen molar-refractivity contribution in [3.8, 4) is 0 Å². The minimum Gasteiger partial charge on any atom is -0.383 e. The Morgan fingerprint density at radius 3 is 2.68 bits per heavy atom. The van der Waals surface area contributed by atoms with Gasteiger partial charge in [-0.15, -0.1) is 0 Å². The predicted molar refractivity (Wildman–Crippen MR) is 76.3 cm³/mol. The molecule has 19 heavy (non-hydrogen) atoms. The average molecular weight is 259 g/mol. The molecule has 0 aromatic heterocycles. The minimum atomic E-state index is 0.201. The molecule has 1 atom stereocenters. The topological polar surface area (TPSA) is 35.6 Å². The molecule has 102 valence electrons. The van der Waals surface area contributed by atoms with Crippen molar-refractivity contribution in [2.75, 3.05) is 38.0 Å². The van der Waals surface area contributed by atoms with Crippen LogP contribution in [-0.4, -0.2) is 54.5 Å². The lowest BCUT2D eigenvalue weighted by molar-refractivity contribution is -0.130. The van der Waals surface area contributed by atoms with Crippen molar-refractivity contribution >= 4 is 11.6 Å². The first-order valence-corrected chi connectivity index (χ1v) is 7.05. The van der Waals surface area contributed by atoms with E-state index in [9.17, 15) is 4.79 Å². The number of benzene rings is 1. The number of piperazine rings is 1. The van der Waals surface area contributed by atoms with Gasteiger partial charge >= 0.3 is 0 Å². The van der Waals surface area contributed by atoms with Gasteiger partial charge in [-0.2, -0.15) is 0 Å². The van der Waals surface area contributed by atoms with Gasteiger partial charge in [0.25, 0.3) is 0 Å². The second-order valence-corrected chi connectivity index (χ2v) is 5.44. The first-order valence-electron chi connectivity index (χ1n) is 7.05. The van der Waals surface area contributed by atoms with E-state index in [0.29, 0.717) is 6.04 Å². The number of fused-ring (bicyclic) bond motifs is 1. The van der Waals surface area contributed by atoms with Gasteiger partial charge < -0.3 is 10.2 Å². The van der Waals surface area contributed by atoms with Gasteiger partial charge in [0.1, 0.15) is 0 Å². The maximum absolute atomic E-state index is 11.3. The van der Waals surface area contributed by atoms with Crippen molar-refractivity contribution in [2.24, 2.45) is 0 Å². The fourth-order valence-corrected chi connectivity index (χ4v) is 3.08. The van der Waals surface area contributed by atoms with Crippen molar-refractivity contribution in [1.82, 2.24) is 9.80 Å². The molecule has 3 rings (SSSR count). The van der Waals surface area contributed by atoms with Crippen LogP contribution in [0.1, 0.15) is 12.5 Å². The highest BCUT2D eigenvalue weighted by Crippen LogP contribution is 2.24. The van der Waals surface area contributed by atoms with E-state index < -0.39 is 0 Å². The number of carbonyl (C=O) groups is 1. The number of anilines is 1. The van der Waals surface area contributed by atoms with Gasteiger partial charge in [-0.25, -0.2) is 0 Å². The number of rotatable bonds is 1. The van der Waals surface area contributed by atoms with Gasteiger partial charge in [0.05, 0.1) is 0 Å². The van der Waals surface area contributed by atoms with Crippen molar-refractivity contribution in [1.29, 1.82) is 0 Å². The Balaban J connectivity index is 1.62. The molecule has 0 bridgehead atoms. The highest BCUT2D eigenvalue weighted by molar-refractivity contribution is 5.73. The molecule has 0 aliphatic carbocycles. The molecule has 1 amide bonds. The minimum absolute atomic E-state index is 0.201. The van der Waals surface area contributed by atoms with Crippen LogP contribution in [0, 0.1) is 0 Å². The lowest BCUT2D eigenvalue weighted by Gasteiger charge is -2.41. The Hall–Kier alpha value is -1.55. The predicted octanol–water partition coefficient (Wildman–Crippen LogP) is 1.19. The first-order chi connectivity index (χ1) is 9.24. The van der Waals surface area contributed by atoms with Gasteiger partial charge in [0, 0.05) is 51.4 Å². The second kappa shape index (κ2) is 5.21. The van der Waals surface area contributed by atoms with Crippen LogP contribution in [0.4, 0.5) is 5.69 Å². The molecule has 1 N–H and O–H groups in total. The van der Waals surface area contributed by atoms with Crippen molar-refractivity contribution < 1.29 is 4.79 Å². The first kappa shape index (κ1) is 12.5. The number of hydrogen-bond donors (Lipinski definition) is 1. The molecule has 1 fully saturated rings. The zero-order chi connectivity index (χ0) is 13.2. The standard InChI is InChI=1S/C15H21N3O/c1-12(19)17-6-8-18(9-7-17)14-10-13-4-2-3-5-15(13)16-11-14/h2-5,14,16H,6-11H2,1H3. The van der Waals surface area contributed by atoms with Crippen molar-refractivity contribution in [3.05, 3.63) is 29.8 Å². The van der Waals surface area contributed by atoms with E-state index in [2.05, 4.69) is 34.5 Å². The fourth-order valence-electron chi connectivity index (χ4n) is 3.08. The highest BCUT2D eigenvalue weighted by Gasteiger charge is 2.27. The smallest absolute Gasteiger partial charge is 0.219 e. The molecule has 4 nitrogen and oxygen atoms in total. The SMILES string of the molecule is CC(=O)N1CCN(C2CNc3ccccc3C2)CC1. The largest absolute Gasteiger partial charge is 0.383 e. The summed E-state index contributed by atoms with van der Waals surface area (Å²) in [5.41, 5.74) is 2.69. The molecule has 2 heterocycles. The number of carbonyl (C=O) groups excluding carboxylic acids is 1. The summed E-state index contributed by atoms with van der Waals surface area (Å²) in [5, 5.41) is 3.52. The van der Waals surface area contributed by atoms with E-state index in [1.54, 1.807) is 6.92 Å². The van der Waals surface area contributed by atoms with Crippen molar-refractivity contribution in [2.45, 2.75) is 19.4 Å². The monoisotopic (exact) mass is 259 g/mol. The molecular formula is C15H21N3O. The van der Waals surface area contributed by atoms with Gasteiger partial charge in [-0.05, 0) is 18.1 Å². The Morgan fingerprint density at radius 1 is 1.21 bits per heavy atom. The lowest BCUT2D eigenvalue weighted by atomic mass is 9.98. The molecular weight excluding hydrogens is 238 g/mol. The molecule has 1 unspecified atom stereocenters. The average Bonchev–Trinajstić information content (AvgIpc) is 2.47. The summed E-state index contributed by atoms with van der Waals surface area (Å²) in [6, 6.07) is 9.11. The molecule has 2 aliphatic heterocycles. The molecule has 1 aromatic rings. The number of nitrogens with zero attached hydrogens (tertiary/aromatic N) is 2. The van der Waals surface area contributed by atoms with Gasteiger partial charge in [-0.1, -0.05) is 18.2 Å². The molecule has 0 spiro atoms. The fraction of sp³-hybridized carbons (Fsp3) is 0.533. The van der Waals surface area contributed by atoms with Crippen LogP contribution in [0.2, 0.25) is 0 Å². The van der Waals surface area contributed by atoms with Crippen LogP contribution in [0.5, 0.6) is 0 Å². The van der Waals surface area contributed by atoms with E-state index >= 15 is 0 Å². The highest BCUT2D eigenvalue weighted by atomic mass is 16.2. The van der Waals surface area contributed by atoms with Crippen molar-refractivity contribution in [3.63, 3.8) is 0 Å². The maximum Gasteiger partial charge on any atom is 0.219 e. The maximum atomic E-state index is 11.3. The summed E-state index contributed by atoms with van der Waals surface area (Å²) in [5.74, 6) is 0.201. The molecule has 1 aromatic carbocycles. The third-order valence-corrected chi connectivity index (χ3v) is 4.28. The third kappa shape index (κ3) is 2.59. The molecule has 1 saturated heterocycles. The molecule has 0 radical (unpaired) electrons. The summed E-state index contributed by atoms with van der Waals surface area (Å²) in [4.78, 5) is 15.8. The zero-order valence-corrected chi connectivity index (χ0v) is 11.4. The number of hydrogen-bond acceptors (Lipinski definition) is 3. The zero-order valence-electron chi connectivity index (χ0n) is 11.4. The number of amides is 1. The Labute approximate surface area is 114 Å². The summed E-state index contributed by atoms with van der Waals surface area (Å²) >= 11 is 0. The second-order valence-electron chi connectivity index (χ2n) is 5.44. The normalized spacial score (nSPS) is 23.6. The van der Waals surface area contributed by atoms with E-state index in [4.69, 9.17) is 0 Å². The summed E-state index contributed by atoms with van der Waals surface area (Å²) in [6.07, 6.45) is 1.11. The number of nitrogens with one attached hydrogen (secondary N) is 1. The van der Waals surface area contributed by atoms with Crippen LogP contribution in [0.25, 0.3) is 0 Å². The van der Waals surface area contributed by atoms with Crippen LogP contribution in [-0.2, 0) is 11.2 Å². The Bertz CT molecular complexity index is 466. The van der Waals surface area contributed by atoms with Gasteiger partial charge in [0.2, 0.25) is 5.91 Å². The number of para-hydroxylation sites is 1. The summed E-state index contributed by atoms with van der Waals surface area (Å²) in [7, 11) is 0. The summed E-state index contributed by atoms with van der Waals surface area (Å²) < 4.78 is 0. The molecule has 2 aliphatic rings. The van der Waals surface area contributed by atoms with Crippen LogP contribution in [0.3, 0.4) is 0 Å². The van der Waals surface area contributed by atoms with E-state index in [-0.39, 0.29) is 5.91 Å². The van der Waals surface area contributed by atoms with E-state index in [0.717, 1.165) is 39.1 Å². The van der Waals surface area contributed by atoms with Crippen LogP contribution in [0.15, 0.2) is 24.3 Å². The summed E-state index contributed by atoms with van der Waals surface area (Å²) in [6.45, 7) is 6.40. The molecule has 0 saturated carbocycles.